The highest BCUT2D eigenvalue weighted by atomic mass is 19.4. The van der Waals surface area contributed by atoms with Gasteiger partial charge in [-0.05, 0) is 60.6 Å². The van der Waals surface area contributed by atoms with Crippen LogP contribution >= 0.6 is 0 Å². The SMILES string of the molecule is CN(CCCOc1ccc2c(c1)CC[C@H]2CC(=O)O)c1nc(-c2ccc(C(F)(F)F)cc2)ncc1F. The van der Waals surface area contributed by atoms with Crippen molar-refractivity contribution in [1.29, 1.82) is 0 Å². The second-order valence-corrected chi connectivity index (χ2v) is 8.76. The van der Waals surface area contributed by atoms with Gasteiger partial charge in [-0.25, -0.2) is 14.4 Å². The van der Waals surface area contributed by atoms with Gasteiger partial charge in [-0.15, -0.1) is 0 Å². The molecule has 1 aliphatic carbocycles. The van der Waals surface area contributed by atoms with Crippen molar-refractivity contribution in [3.8, 4) is 17.1 Å². The first-order chi connectivity index (χ1) is 17.1. The molecule has 1 aromatic heterocycles. The molecule has 3 aromatic rings. The fraction of sp³-hybridized carbons (Fsp3) is 0.346. The maximum absolute atomic E-state index is 14.4. The van der Waals surface area contributed by atoms with Crippen LogP contribution in [0.2, 0.25) is 0 Å². The zero-order valence-corrected chi connectivity index (χ0v) is 19.6. The number of alkyl halides is 3. The number of halogens is 4. The highest BCUT2D eigenvalue weighted by Gasteiger charge is 2.30. The molecular formula is C26H25F4N3O3. The lowest BCUT2D eigenvalue weighted by Gasteiger charge is -2.19. The molecule has 6 nitrogen and oxygen atoms in total. The molecule has 0 radical (unpaired) electrons. The second-order valence-electron chi connectivity index (χ2n) is 8.76. The highest BCUT2D eigenvalue weighted by molar-refractivity contribution is 5.68. The van der Waals surface area contributed by atoms with Gasteiger partial charge >= 0.3 is 12.1 Å². The summed E-state index contributed by atoms with van der Waals surface area (Å²) in [4.78, 5) is 20.8. The van der Waals surface area contributed by atoms with Gasteiger partial charge in [-0.2, -0.15) is 13.2 Å². The number of aromatic nitrogens is 2. The number of carbonyl (C=O) groups is 1. The number of carboxylic acid groups (broad SMARTS) is 1. The average Bonchev–Trinajstić information content (AvgIpc) is 3.23. The summed E-state index contributed by atoms with van der Waals surface area (Å²) in [6, 6.07) is 10.1. The zero-order chi connectivity index (χ0) is 25.9. The molecule has 1 heterocycles. The Balaban J connectivity index is 1.33. The largest absolute Gasteiger partial charge is 0.494 e. The molecular weight excluding hydrogens is 478 g/mol. The van der Waals surface area contributed by atoms with Crippen molar-refractivity contribution in [3.63, 3.8) is 0 Å². The molecule has 0 saturated carbocycles. The number of benzene rings is 2. The van der Waals surface area contributed by atoms with Crippen LogP contribution in [0.1, 0.15) is 41.9 Å². The summed E-state index contributed by atoms with van der Waals surface area (Å²) >= 11 is 0. The van der Waals surface area contributed by atoms with Crippen LogP contribution in [0.15, 0.2) is 48.7 Å². The molecule has 0 fully saturated rings. The van der Waals surface area contributed by atoms with E-state index in [2.05, 4.69) is 9.97 Å². The van der Waals surface area contributed by atoms with E-state index in [9.17, 15) is 22.4 Å². The quantitative estimate of drug-likeness (QED) is 0.298. The van der Waals surface area contributed by atoms with Gasteiger partial charge in [0.05, 0.1) is 24.8 Å². The van der Waals surface area contributed by atoms with Crippen LogP contribution in [-0.2, 0) is 17.4 Å². The second kappa shape index (κ2) is 10.5. The molecule has 0 aliphatic heterocycles. The van der Waals surface area contributed by atoms with Gasteiger partial charge in [0.2, 0.25) is 0 Å². The van der Waals surface area contributed by atoms with Crippen molar-refractivity contribution >= 4 is 11.8 Å². The average molecular weight is 503 g/mol. The number of aliphatic carboxylic acids is 1. The smallest absolute Gasteiger partial charge is 0.416 e. The number of carboxylic acids is 1. The Kier molecular flexibility index (Phi) is 7.42. The molecule has 2 aromatic carbocycles. The molecule has 190 valence electrons. The van der Waals surface area contributed by atoms with Crippen molar-refractivity contribution in [2.45, 2.75) is 37.8 Å². The van der Waals surface area contributed by atoms with E-state index in [0.29, 0.717) is 30.9 Å². The van der Waals surface area contributed by atoms with E-state index >= 15 is 0 Å². The number of hydrogen-bond acceptors (Lipinski definition) is 5. The maximum Gasteiger partial charge on any atom is 0.416 e. The molecule has 4 rings (SSSR count). The lowest BCUT2D eigenvalue weighted by Crippen LogP contribution is -2.23. The van der Waals surface area contributed by atoms with Crippen molar-refractivity contribution < 1.29 is 32.2 Å². The molecule has 0 amide bonds. The standard InChI is InChI=1S/C26H25F4N3O3/c1-33(11-2-12-36-20-9-10-21-17(13-20)3-4-18(21)14-23(34)35)25-22(27)15-31-24(32-25)16-5-7-19(8-6-16)26(28,29)30/h5-10,13,15,18H,2-4,11-12,14H2,1H3,(H,34,35)/t18-/m0/s1. The molecule has 0 spiro atoms. The fourth-order valence-electron chi connectivity index (χ4n) is 4.37. The van der Waals surface area contributed by atoms with E-state index in [1.807, 2.05) is 18.2 Å². The normalized spacial score (nSPS) is 15.0. The zero-order valence-electron chi connectivity index (χ0n) is 19.6. The van der Waals surface area contributed by atoms with Gasteiger partial charge in [0.15, 0.2) is 17.5 Å². The van der Waals surface area contributed by atoms with Crippen molar-refractivity contribution in [2.24, 2.45) is 0 Å². The third-order valence-electron chi connectivity index (χ3n) is 6.20. The van der Waals surface area contributed by atoms with Crippen molar-refractivity contribution in [1.82, 2.24) is 9.97 Å². The van der Waals surface area contributed by atoms with E-state index in [0.717, 1.165) is 42.3 Å². The molecule has 10 heteroatoms. The fourth-order valence-corrected chi connectivity index (χ4v) is 4.37. The highest BCUT2D eigenvalue weighted by Crippen LogP contribution is 2.37. The minimum Gasteiger partial charge on any atom is -0.494 e. The Labute approximate surface area is 205 Å². The molecule has 0 unspecified atom stereocenters. The van der Waals surface area contributed by atoms with Gasteiger partial charge < -0.3 is 14.7 Å². The van der Waals surface area contributed by atoms with Gasteiger partial charge in [-0.1, -0.05) is 18.2 Å². The third kappa shape index (κ3) is 5.92. The Hall–Kier alpha value is -3.69. The monoisotopic (exact) mass is 503 g/mol. The van der Waals surface area contributed by atoms with Gasteiger partial charge in [0.1, 0.15) is 5.75 Å². The third-order valence-corrected chi connectivity index (χ3v) is 6.20. The van der Waals surface area contributed by atoms with Gasteiger partial charge in [0.25, 0.3) is 0 Å². The summed E-state index contributed by atoms with van der Waals surface area (Å²) in [5.41, 5.74) is 1.74. The summed E-state index contributed by atoms with van der Waals surface area (Å²) < 4.78 is 58.6. The van der Waals surface area contributed by atoms with Crippen LogP contribution in [0.3, 0.4) is 0 Å². The van der Waals surface area contributed by atoms with E-state index in [4.69, 9.17) is 9.84 Å². The minimum atomic E-state index is -4.45. The van der Waals surface area contributed by atoms with E-state index in [1.54, 1.807) is 11.9 Å². The Morgan fingerprint density at radius 2 is 1.94 bits per heavy atom. The number of hydrogen-bond donors (Lipinski definition) is 1. The molecule has 0 saturated heterocycles. The van der Waals surface area contributed by atoms with Gasteiger partial charge in [-0.3, -0.25) is 4.79 Å². The predicted octanol–water partition coefficient (Wildman–Crippen LogP) is 5.71. The van der Waals surface area contributed by atoms with Crippen LogP contribution in [0.4, 0.5) is 23.4 Å². The number of anilines is 1. The topological polar surface area (TPSA) is 75.5 Å². The first kappa shape index (κ1) is 25.4. The van der Waals surface area contributed by atoms with Crippen molar-refractivity contribution in [3.05, 3.63) is 71.2 Å². The number of aryl methyl sites for hydroxylation is 1. The molecule has 36 heavy (non-hydrogen) atoms. The van der Waals surface area contributed by atoms with Crippen LogP contribution in [0, 0.1) is 5.82 Å². The van der Waals surface area contributed by atoms with Crippen LogP contribution < -0.4 is 9.64 Å². The van der Waals surface area contributed by atoms with Crippen molar-refractivity contribution in [2.75, 3.05) is 25.1 Å². The minimum absolute atomic E-state index is 0.0374. The number of nitrogens with zero attached hydrogens (tertiary/aromatic N) is 3. The van der Waals surface area contributed by atoms with E-state index in [1.165, 1.54) is 12.1 Å². The lowest BCUT2D eigenvalue weighted by molar-refractivity contribution is -0.138. The number of ether oxygens (including phenoxy) is 1. The summed E-state index contributed by atoms with van der Waals surface area (Å²) in [5, 5.41) is 9.05. The molecule has 0 bridgehead atoms. The summed E-state index contributed by atoms with van der Waals surface area (Å²) in [7, 11) is 1.67. The number of fused-ring (bicyclic) bond motifs is 1. The predicted molar refractivity (Wildman–Crippen MR) is 126 cm³/mol. The molecule has 1 aliphatic rings. The summed E-state index contributed by atoms with van der Waals surface area (Å²) in [6.07, 6.45) is -1.12. The molecule has 1 atom stereocenters. The first-order valence-corrected chi connectivity index (χ1v) is 11.5. The summed E-state index contributed by atoms with van der Waals surface area (Å²) in [5.74, 6) is -0.530. The summed E-state index contributed by atoms with van der Waals surface area (Å²) in [6.45, 7) is 0.798. The van der Waals surface area contributed by atoms with E-state index in [-0.39, 0.29) is 24.0 Å². The van der Waals surface area contributed by atoms with Crippen LogP contribution in [0.5, 0.6) is 5.75 Å². The lowest BCUT2D eigenvalue weighted by atomic mass is 9.98. The number of rotatable bonds is 9. The Bertz CT molecular complexity index is 1230. The molecule has 1 N–H and O–H groups in total. The first-order valence-electron chi connectivity index (χ1n) is 11.5. The Morgan fingerprint density at radius 1 is 1.19 bits per heavy atom. The Morgan fingerprint density at radius 3 is 2.64 bits per heavy atom. The van der Waals surface area contributed by atoms with E-state index < -0.39 is 23.5 Å². The van der Waals surface area contributed by atoms with Crippen LogP contribution in [0.25, 0.3) is 11.4 Å². The van der Waals surface area contributed by atoms with Crippen LogP contribution in [-0.4, -0.2) is 41.2 Å². The van der Waals surface area contributed by atoms with Gasteiger partial charge in [0, 0.05) is 19.2 Å². The maximum atomic E-state index is 14.4.